The summed E-state index contributed by atoms with van der Waals surface area (Å²) >= 11 is 0. The van der Waals surface area contributed by atoms with Crippen LogP contribution in [0.3, 0.4) is 0 Å². The molecule has 2 rings (SSSR count). The number of aliphatic hydroxyl groups excluding tert-OH is 1. The highest BCUT2D eigenvalue weighted by atomic mass is 19.1. The number of nitrogens with one attached hydrogen (secondary N) is 1. The Labute approximate surface area is 146 Å². The number of ether oxygens (including phenoxy) is 2. The van der Waals surface area contributed by atoms with Crippen molar-refractivity contribution in [3.05, 3.63) is 32.9 Å². The molecule has 0 radical (unpaired) electrons. The Bertz CT molecular complexity index is 834. The molecule has 0 amide bonds. The fourth-order valence-corrected chi connectivity index (χ4v) is 2.84. The summed E-state index contributed by atoms with van der Waals surface area (Å²) in [7, 11) is 0. The molecule has 3 atom stereocenters. The van der Waals surface area contributed by atoms with E-state index in [1.54, 1.807) is 4.98 Å². The molecular formula is C15H19FN2O8. The normalized spacial score (nSPS) is 28.1. The molecule has 1 saturated heterocycles. The third-order valence-electron chi connectivity index (χ3n) is 4.24. The largest absolute Gasteiger partial charge is 0.481 e. The number of H-pyrrole nitrogens is 1. The molecule has 1 aliphatic heterocycles. The quantitative estimate of drug-likeness (QED) is 0.554. The zero-order chi connectivity index (χ0) is 19.7. The van der Waals surface area contributed by atoms with E-state index in [2.05, 4.69) is 0 Å². The number of aliphatic hydroxyl groups is 1. The van der Waals surface area contributed by atoms with Crippen LogP contribution in [0.5, 0.6) is 0 Å². The lowest BCUT2D eigenvalue weighted by molar-refractivity contribution is -0.178. The van der Waals surface area contributed by atoms with Crippen LogP contribution in [0.4, 0.5) is 4.39 Å². The van der Waals surface area contributed by atoms with Gasteiger partial charge in [0.05, 0.1) is 25.6 Å². The number of nitrogens with zero attached hydrogens (tertiary/aromatic N) is 1. The van der Waals surface area contributed by atoms with Crippen LogP contribution in [-0.2, 0) is 24.8 Å². The summed E-state index contributed by atoms with van der Waals surface area (Å²) in [6.07, 6.45) is -1.29. The first-order valence-corrected chi connectivity index (χ1v) is 7.75. The van der Waals surface area contributed by atoms with Gasteiger partial charge in [-0.05, 0) is 13.8 Å². The van der Waals surface area contributed by atoms with Gasteiger partial charge in [0.2, 0.25) is 5.82 Å². The van der Waals surface area contributed by atoms with Crippen molar-refractivity contribution in [2.24, 2.45) is 0 Å². The Hall–Kier alpha value is -2.53. The van der Waals surface area contributed by atoms with Crippen LogP contribution in [-0.4, -0.2) is 50.0 Å². The Morgan fingerprint density at radius 2 is 2.08 bits per heavy atom. The van der Waals surface area contributed by atoms with Gasteiger partial charge in [-0.25, -0.2) is 4.79 Å². The van der Waals surface area contributed by atoms with Crippen LogP contribution < -0.4 is 11.2 Å². The van der Waals surface area contributed by atoms with Crippen molar-refractivity contribution in [3.63, 3.8) is 0 Å². The zero-order valence-electron chi connectivity index (χ0n) is 14.2. The fourth-order valence-electron chi connectivity index (χ4n) is 2.84. The number of hydrogen-bond acceptors (Lipinski definition) is 7. The molecule has 144 valence electrons. The lowest BCUT2D eigenvalue weighted by Gasteiger charge is -2.30. The third kappa shape index (κ3) is 3.83. The predicted molar refractivity (Wildman–Crippen MR) is 82.9 cm³/mol. The van der Waals surface area contributed by atoms with Gasteiger partial charge in [-0.15, -0.1) is 0 Å². The molecule has 0 unspecified atom stereocenters. The molecule has 0 spiro atoms. The number of aromatic amines is 1. The molecule has 10 nitrogen and oxygen atoms in total. The maximum Gasteiger partial charge on any atom is 0.330 e. The minimum Gasteiger partial charge on any atom is -0.481 e. The van der Waals surface area contributed by atoms with Crippen LogP contribution in [0.15, 0.2) is 15.8 Å². The monoisotopic (exact) mass is 374 g/mol. The van der Waals surface area contributed by atoms with Crippen LogP contribution >= 0.6 is 0 Å². The molecule has 26 heavy (non-hydrogen) atoms. The van der Waals surface area contributed by atoms with E-state index in [0.717, 1.165) is 4.57 Å². The van der Waals surface area contributed by atoms with Gasteiger partial charge in [-0.2, -0.15) is 4.39 Å². The standard InChI is InChI=1S/C15H19FN2O8/c1-14(7-19)9(25-11(22)4-3-10(20)21)5-15(2,26-14)18-6-8(16)12(23)17-13(18)24/h6,9,19H,3-5,7H2,1-2H3,(H,20,21)(H,17,23,24)/t9-,14+,15+/m0/s1. The van der Waals surface area contributed by atoms with E-state index in [1.165, 1.54) is 13.8 Å². The Balaban J connectivity index is 2.30. The molecule has 0 bridgehead atoms. The molecule has 0 aliphatic carbocycles. The summed E-state index contributed by atoms with van der Waals surface area (Å²) in [5.41, 5.74) is -5.05. The van der Waals surface area contributed by atoms with Crippen molar-refractivity contribution in [2.45, 2.75) is 50.5 Å². The predicted octanol–water partition coefficient (Wildman–Crippen LogP) is -0.704. The number of carbonyl (C=O) groups is 2. The number of rotatable bonds is 6. The highest BCUT2D eigenvalue weighted by Crippen LogP contribution is 2.42. The fraction of sp³-hybridized carbons (Fsp3) is 0.600. The first-order valence-electron chi connectivity index (χ1n) is 7.75. The molecule has 3 N–H and O–H groups in total. The summed E-state index contributed by atoms with van der Waals surface area (Å²) in [6, 6.07) is 0. The topological polar surface area (TPSA) is 148 Å². The maximum atomic E-state index is 13.6. The van der Waals surface area contributed by atoms with Crippen LogP contribution in [0.2, 0.25) is 0 Å². The van der Waals surface area contributed by atoms with Gasteiger partial charge < -0.3 is 19.7 Å². The van der Waals surface area contributed by atoms with Crippen LogP contribution in [0.1, 0.15) is 33.1 Å². The molecule has 1 fully saturated rings. The molecule has 1 aromatic rings. The lowest BCUT2D eigenvalue weighted by atomic mass is 9.98. The van der Waals surface area contributed by atoms with Crippen molar-refractivity contribution >= 4 is 11.9 Å². The van der Waals surface area contributed by atoms with Crippen molar-refractivity contribution in [1.29, 1.82) is 0 Å². The van der Waals surface area contributed by atoms with Gasteiger partial charge in [0.15, 0.2) is 5.72 Å². The first-order chi connectivity index (χ1) is 12.0. The smallest absolute Gasteiger partial charge is 0.330 e. The lowest BCUT2D eigenvalue weighted by Crippen LogP contribution is -2.45. The number of esters is 1. The number of halogens is 1. The van der Waals surface area contributed by atoms with Crippen molar-refractivity contribution in [3.8, 4) is 0 Å². The summed E-state index contributed by atoms with van der Waals surface area (Å²) < 4.78 is 25.3. The highest BCUT2D eigenvalue weighted by Gasteiger charge is 2.54. The van der Waals surface area contributed by atoms with E-state index in [0.29, 0.717) is 6.20 Å². The second-order valence-corrected chi connectivity index (χ2v) is 6.43. The number of carboxylic acids is 1. The minimum absolute atomic E-state index is 0.131. The molecule has 0 aromatic carbocycles. The number of aliphatic carboxylic acids is 1. The molecule has 11 heteroatoms. The van der Waals surface area contributed by atoms with Gasteiger partial charge in [0.1, 0.15) is 11.7 Å². The number of carboxylic acid groups (broad SMARTS) is 1. The van der Waals surface area contributed by atoms with E-state index in [-0.39, 0.29) is 12.8 Å². The molecule has 2 heterocycles. The van der Waals surface area contributed by atoms with Crippen LogP contribution in [0, 0.1) is 5.82 Å². The van der Waals surface area contributed by atoms with E-state index in [4.69, 9.17) is 14.6 Å². The maximum absolute atomic E-state index is 13.6. The minimum atomic E-state index is -1.52. The van der Waals surface area contributed by atoms with E-state index < -0.39 is 59.5 Å². The van der Waals surface area contributed by atoms with E-state index in [9.17, 15) is 28.7 Å². The average Bonchev–Trinajstić information content (AvgIpc) is 2.81. The Morgan fingerprint density at radius 1 is 1.42 bits per heavy atom. The SMILES string of the molecule is C[C@]1(CO)O[C@@](C)(n2cc(F)c(=O)[nH]c2=O)C[C@@H]1OC(=O)CCC(=O)O. The molecule has 1 aliphatic rings. The number of carbonyl (C=O) groups excluding carboxylic acids is 1. The second-order valence-electron chi connectivity index (χ2n) is 6.43. The molecule has 0 saturated carbocycles. The number of aromatic nitrogens is 2. The van der Waals surface area contributed by atoms with Gasteiger partial charge in [0.25, 0.3) is 5.56 Å². The molecular weight excluding hydrogens is 355 g/mol. The van der Waals surface area contributed by atoms with Gasteiger partial charge in [-0.3, -0.25) is 23.9 Å². The van der Waals surface area contributed by atoms with Gasteiger partial charge >= 0.3 is 17.6 Å². The first kappa shape index (κ1) is 19.8. The second kappa shape index (κ2) is 7.00. The van der Waals surface area contributed by atoms with Gasteiger partial charge in [-0.1, -0.05) is 0 Å². The Morgan fingerprint density at radius 3 is 2.65 bits per heavy atom. The summed E-state index contributed by atoms with van der Waals surface area (Å²) in [5.74, 6) is -3.19. The summed E-state index contributed by atoms with van der Waals surface area (Å²) in [4.78, 5) is 47.4. The van der Waals surface area contributed by atoms with Gasteiger partial charge in [0, 0.05) is 6.42 Å². The van der Waals surface area contributed by atoms with Crippen molar-refractivity contribution < 1.29 is 33.7 Å². The Kier molecular flexibility index (Phi) is 5.33. The summed E-state index contributed by atoms with van der Waals surface area (Å²) in [6.45, 7) is 2.26. The zero-order valence-corrected chi connectivity index (χ0v) is 14.2. The van der Waals surface area contributed by atoms with Crippen molar-refractivity contribution in [1.82, 2.24) is 9.55 Å². The van der Waals surface area contributed by atoms with E-state index >= 15 is 0 Å². The van der Waals surface area contributed by atoms with E-state index in [1.807, 2.05) is 0 Å². The third-order valence-corrected chi connectivity index (χ3v) is 4.24. The summed E-state index contributed by atoms with van der Waals surface area (Å²) in [5, 5.41) is 18.3. The number of hydrogen-bond donors (Lipinski definition) is 3. The highest BCUT2D eigenvalue weighted by molar-refractivity contribution is 5.76. The average molecular weight is 374 g/mol. The van der Waals surface area contributed by atoms with Crippen LogP contribution in [0.25, 0.3) is 0 Å². The molecule has 1 aromatic heterocycles. The van der Waals surface area contributed by atoms with Crippen molar-refractivity contribution in [2.75, 3.05) is 6.61 Å².